The van der Waals surface area contributed by atoms with Crippen molar-refractivity contribution in [2.45, 2.75) is 48.9 Å². The Balaban J connectivity index is 2.00. The van der Waals surface area contributed by atoms with Crippen LogP contribution in [0.15, 0.2) is 21.4 Å². The molecule has 0 amide bonds. The third kappa shape index (κ3) is 3.13. The van der Waals surface area contributed by atoms with Crippen LogP contribution in [0, 0.1) is 0 Å². The molecule has 0 spiro atoms. The van der Waals surface area contributed by atoms with Crippen LogP contribution >= 0.6 is 23.4 Å². The van der Waals surface area contributed by atoms with Crippen LogP contribution in [0.2, 0.25) is 5.02 Å². The SMILES string of the molecule is CC(C)(C)c1nc2ccc(Cl)c(S[C@H]3CCOC[C@H]3O)c2o1. The van der Waals surface area contributed by atoms with E-state index >= 15 is 0 Å². The van der Waals surface area contributed by atoms with Gasteiger partial charge in [0, 0.05) is 17.3 Å². The highest BCUT2D eigenvalue weighted by molar-refractivity contribution is 8.00. The van der Waals surface area contributed by atoms with Crippen molar-refractivity contribution < 1.29 is 14.3 Å². The quantitative estimate of drug-likeness (QED) is 0.894. The lowest BCUT2D eigenvalue weighted by atomic mass is 9.97. The zero-order valence-corrected chi connectivity index (χ0v) is 14.5. The van der Waals surface area contributed by atoms with E-state index in [-0.39, 0.29) is 10.7 Å². The molecule has 0 radical (unpaired) electrons. The van der Waals surface area contributed by atoms with Crippen LogP contribution in [-0.2, 0) is 10.2 Å². The van der Waals surface area contributed by atoms with Crippen LogP contribution in [0.1, 0.15) is 33.1 Å². The molecule has 0 bridgehead atoms. The van der Waals surface area contributed by atoms with Crippen molar-refractivity contribution in [3.8, 4) is 0 Å². The molecule has 1 aliphatic rings. The predicted molar refractivity (Wildman–Crippen MR) is 88.8 cm³/mol. The molecule has 4 nitrogen and oxygen atoms in total. The van der Waals surface area contributed by atoms with Crippen molar-refractivity contribution in [1.29, 1.82) is 0 Å². The molecule has 1 aromatic carbocycles. The number of thioether (sulfide) groups is 1. The zero-order valence-electron chi connectivity index (χ0n) is 12.9. The van der Waals surface area contributed by atoms with Gasteiger partial charge in [0.15, 0.2) is 5.58 Å². The monoisotopic (exact) mass is 341 g/mol. The summed E-state index contributed by atoms with van der Waals surface area (Å²) in [5.41, 5.74) is 1.35. The second kappa shape index (κ2) is 6.04. The van der Waals surface area contributed by atoms with Crippen molar-refractivity contribution in [3.05, 3.63) is 23.0 Å². The molecule has 0 aliphatic carbocycles. The Labute approximate surface area is 139 Å². The number of aromatic nitrogens is 1. The number of fused-ring (bicyclic) bond motifs is 1. The molecule has 6 heteroatoms. The molecule has 1 N–H and O–H groups in total. The smallest absolute Gasteiger partial charge is 0.200 e. The number of nitrogens with zero attached hydrogens (tertiary/aromatic N) is 1. The third-order valence-corrected chi connectivity index (χ3v) is 5.56. The Morgan fingerprint density at radius 1 is 1.36 bits per heavy atom. The van der Waals surface area contributed by atoms with Gasteiger partial charge in [-0.05, 0) is 18.6 Å². The maximum atomic E-state index is 10.1. The van der Waals surface area contributed by atoms with Crippen molar-refractivity contribution in [2.24, 2.45) is 0 Å². The summed E-state index contributed by atoms with van der Waals surface area (Å²) in [7, 11) is 0. The Hall–Kier alpha value is -0.750. The molecule has 2 heterocycles. The fourth-order valence-electron chi connectivity index (χ4n) is 2.37. The van der Waals surface area contributed by atoms with Gasteiger partial charge in [-0.25, -0.2) is 4.98 Å². The van der Waals surface area contributed by atoms with E-state index in [0.717, 1.165) is 16.8 Å². The number of hydrogen-bond acceptors (Lipinski definition) is 5. The van der Waals surface area contributed by atoms with Gasteiger partial charge in [0.1, 0.15) is 5.52 Å². The van der Waals surface area contributed by atoms with Gasteiger partial charge in [-0.2, -0.15) is 0 Å². The highest BCUT2D eigenvalue weighted by Crippen LogP contribution is 2.40. The molecule has 0 unspecified atom stereocenters. The van der Waals surface area contributed by atoms with E-state index in [9.17, 15) is 5.11 Å². The molecule has 1 aliphatic heterocycles. The Bertz CT molecular complexity index is 680. The average molecular weight is 342 g/mol. The van der Waals surface area contributed by atoms with Gasteiger partial charge in [0.2, 0.25) is 5.89 Å². The predicted octanol–water partition coefficient (Wildman–Crippen LogP) is 4.02. The minimum Gasteiger partial charge on any atom is -0.439 e. The van der Waals surface area contributed by atoms with Gasteiger partial charge < -0.3 is 14.3 Å². The normalized spacial score (nSPS) is 23.1. The highest BCUT2D eigenvalue weighted by Gasteiger charge is 2.28. The standard InChI is InChI=1S/C16H20ClNO3S/c1-16(2,3)15-18-10-5-4-9(17)14(13(10)21-15)22-12-6-7-20-8-11(12)19/h4-5,11-12,19H,6-8H2,1-3H3/t11-,12+/m1/s1. The molecule has 0 saturated carbocycles. The van der Waals surface area contributed by atoms with Crippen molar-refractivity contribution in [2.75, 3.05) is 13.2 Å². The number of rotatable bonds is 2. The largest absolute Gasteiger partial charge is 0.439 e. The third-order valence-electron chi connectivity index (χ3n) is 3.64. The summed E-state index contributed by atoms with van der Waals surface area (Å²) in [5.74, 6) is 0.694. The second-order valence-corrected chi connectivity index (χ2v) is 8.24. The van der Waals surface area contributed by atoms with E-state index in [1.807, 2.05) is 12.1 Å². The summed E-state index contributed by atoms with van der Waals surface area (Å²) in [5, 5.41) is 10.8. The first-order valence-electron chi connectivity index (χ1n) is 7.38. The highest BCUT2D eigenvalue weighted by atomic mass is 35.5. The van der Waals surface area contributed by atoms with Gasteiger partial charge in [-0.15, -0.1) is 11.8 Å². The number of hydrogen-bond donors (Lipinski definition) is 1. The lowest BCUT2D eigenvalue weighted by Crippen LogP contribution is -2.34. The Morgan fingerprint density at radius 2 is 2.14 bits per heavy atom. The number of oxazole rings is 1. The first kappa shape index (κ1) is 16.1. The summed E-state index contributed by atoms with van der Waals surface area (Å²) >= 11 is 7.93. The fraction of sp³-hybridized carbons (Fsp3) is 0.562. The van der Waals surface area contributed by atoms with Crippen LogP contribution in [0.25, 0.3) is 11.1 Å². The molecule has 1 saturated heterocycles. The molecule has 120 valence electrons. The molecule has 22 heavy (non-hydrogen) atoms. The van der Waals surface area contributed by atoms with Crippen molar-refractivity contribution >= 4 is 34.5 Å². The van der Waals surface area contributed by atoms with E-state index in [0.29, 0.717) is 29.7 Å². The molecule has 2 atom stereocenters. The summed E-state index contributed by atoms with van der Waals surface area (Å²) in [6, 6.07) is 3.72. The number of ether oxygens (including phenoxy) is 1. The first-order valence-corrected chi connectivity index (χ1v) is 8.64. The summed E-state index contributed by atoms with van der Waals surface area (Å²) in [6.45, 7) is 7.22. The minimum absolute atomic E-state index is 0.0556. The van der Waals surface area contributed by atoms with Crippen molar-refractivity contribution in [1.82, 2.24) is 4.98 Å². The number of halogens is 1. The van der Waals surface area contributed by atoms with E-state index in [1.54, 1.807) is 11.8 Å². The first-order chi connectivity index (χ1) is 10.4. The maximum absolute atomic E-state index is 10.1. The van der Waals surface area contributed by atoms with Crippen LogP contribution in [0.4, 0.5) is 0 Å². The van der Waals surface area contributed by atoms with Crippen LogP contribution in [0.5, 0.6) is 0 Å². The topological polar surface area (TPSA) is 55.5 Å². The molecule has 3 rings (SSSR count). The lowest BCUT2D eigenvalue weighted by Gasteiger charge is -2.27. The summed E-state index contributed by atoms with van der Waals surface area (Å²) in [6.07, 6.45) is 0.300. The molecular weight excluding hydrogens is 322 g/mol. The van der Waals surface area contributed by atoms with Gasteiger partial charge in [0.05, 0.1) is 22.6 Å². The van der Waals surface area contributed by atoms with Crippen molar-refractivity contribution in [3.63, 3.8) is 0 Å². The fourth-order valence-corrected chi connectivity index (χ4v) is 3.84. The molecular formula is C16H20ClNO3S. The molecule has 1 fully saturated rings. The Morgan fingerprint density at radius 3 is 2.82 bits per heavy atom. The second-order valence-electron chi connectivity index (χ2n) is 6.58. The maximum Gasteiger partial charge on any atom is 0.200 e. The van der Waals surface area contributed by atoms with E-state index in [2.05, 4.69) is 25.8 Å². The number of benzene rings is 1. The molecule has 1 aromatic heterocycles. The van der Waals surface area contributed by atoms with Gasteiger partial charge >= 0.3 is 0 Å². The summed E-state index contributed by atoms with van der Waals surface area (Å²) in [4.78, 5) is 5.43. The Kier molecular flexibility index (Phi) is 4.42. The zero-order chi connectivity index (χ0) is 15.9. The van der Waals surface area contributed by atoms with Gasteiger partial charge in [-0.1, -0.05) is 32.4 Å². The van der Waals surface area contributed by atoms with Gasteiger partial charge in [0.25, 0.3) is 0 Å². The van der Waals surface area contributed by atoms with Crippen LogP contribution in [-0.4, -0.2) is 34.7 Å². The van der Waals surface area contributed by atoms with E-state index in [1.165, 1.54) is 0 Å². The number of aliphatic hydroxyl groups excluding tert-OH is 1. The summed E-state index contributed by atoms with van der Waals surface area (Å²) < 4.78 is 11.3. The average Bonchev–Trinajstić information content (AvgIpc) is 2.88. The number of aliphatic hydroxyl groups is 1. The van der Waals surface area contributed by atoms with E-state index < -0.39 is 6.10 Å². The minimum atomic E-state index is -0.491. The van der Waals surface area contributed by atoms with Crippen LogP contribution in [0.3, 0.4) is 0 Å². The lowest BCUT2D eigenvalue weighted by molar-refractivity contribution is -0.000690. The van der Waals surface area contributed by atoms with Crippen LogP contribution < -0.4 is 0 Å². The van der Waals surface area contributed by atoms with E-state index in [4.69, 9.17) is 20.8 Å². The molecule has 2 aromatic rings. The van der Waals surface area contributed by atoms with Gasteiger partial charge in [-0.3, -0.25) is 0 Å².